The van der Waals surface area contributed by atoms with Crippen LogP contribution >= 0.6 is 11.8 Å². The minimum absolute atomic E-state index is 0.131. The number of benzene rings is 2. The maximum atomic E-state index is 11.9. The van der Waals surface area contributed by atoms with Gasteiger partial charge in [-0.25, -0.2) is 5.43 Å². The Morgan fingerprint density at radius 3 is 2.64 bits per heavy atom. The molecule has 0 saturated heterocycles. The summed E-state index contributed by atoms with van der Waals surface area (Å²) in [6.07, 6.45) is 1.43. The lowest BCUT2D eigenvalue weighted by Gasteiger charge is -2.09. The molecule has 0 saturated carbocycles. The normalized spacial score (nSPS) is 12.2. The Bertz CT molecular complexity index is 644. The van der Waals surface area contributed by atoms with Gasteiger partial charge in [0.05, 0.1) is 11.5 Å². The van der Waals surface area contributed by atoms with Crippen LogP contribution in [0.1, 0.15) is 18.1 Å². The minimum Gasteiger partial charge on any atom is -0.507 e. The minimum atomic E-state index is -0.207. The Hall–Kier alpha value is -2.27. The second-order valence-corrected chi connectivity index (χ2v) is 6.06. The van der Waals surface area contributed by atoms with E-state index in [1.165, 1.54) is 11.8 Å². The number of nitrogens with zero attached hydrogens (tertiary/aromatic N) is 1. The SMILES string of the molecule is C[C@H](SCc1ccccc1)C(=O)N/N=C\c1ccccc1O. The van der Waals surface area contributed by atoms with Gasteiger partial charge in [-0.05, 0) is 24.6 Å². The van der Waals surface area contributed by atoms with Crippen molar-refractivity contribution in [1.82, 2.24) is 5.43 Å². The van der Waals surface area contributed by atoms with Gasteiger partial charge in [-0.1, -0.05) is 42.5 Å². The number of rotatable bonds is 6. The molecule has 0 aliphatic heterocycles. The topological polar surface area (TPSA) is 61.7 Å². The molecule has 4 nitrogen and oxygen atoms in total. The number of phenolic OH excluding ortho intramolecular Hbond substituents is 1. The number of hydrazone groups is 1. The Balaban J connectivity index is 1.80. The first-order valence-electron chi connectivity index (χ1n) is 6.93. The van der Waals surface area contributed by atoms with Crippen molar-refractivity contribution in [2.24, 2.45) is 5.10 Å². The van der Waals surface area contributed by atoms with Crippen molar-refractivity contribution < 1.29 is 9.90 Å². The van der Waals surface area contributed by atoms with Gasteiger partial charge in [-0.3, -0.25) is 4.79 Å². The molecule has 0 spiro atoms. The predicted octanol–water partition coefficient (Wildman–Crippen LogP) is 3.16. The highest BCUT2D eigenvalue weighted by molar-refractivity contribution is 7.99. The average Bonchev–Trinajstić information content (AvgIpc) is 2.55. The van der Waals surface area contributed by atoms with Crippen LogP contribution in [0.3, 0.4) is 0 Å². The number of para-hydroxylation sites is 1. The number of carbonyl (C=O) groups is 1. The molecule has 2 N–H and O–H groups in total. The molecule has 2 aromatic carbocycles. The van der Waals surface area contributed by atoms with Gasteiger partial charge in [-0.2, -0.15) is 5.10 Å². The summed E-state index contributed by atoms with van der Waals surface area (Å²) in [6.45, 7) is 1.85. The van der Waals surface area contributed by atoms with Crippen LogP contribution in [-0.2, 0) is 10.5 Å². The van der Waals surface area contributed by atoms with E-state index in [1.807, 2.05) is 37.3 Å². The maximum Gasteiger partial charge on any atom is 0.252 e. The molecule has 5 heteroatoms. The van der Waals surface area contributed by atoms with Crippen LogP contribution in [0, 0.1) is 0 Å². The van der Waals surface area contributed by atoms with E-state index >= 15 is 0 Å². The molecular formula is C17H18N2O2S. The summed E-state index contributed by atoms with van der Waals surface area (Å²) >= 11 is 1.55. The van der Waals surface area contributed by atoms with Crippen molar-refractivity contribution in [1.29, 1.82) is 0 Å². The highest BCUT2D eigenvalue weighted by Gasteiger charge is 2.12. The van der Waals surface area contributed by atoms with Gasteiger partial charge in [0.25, 0.3) is 5.91 Å². The van der Waals surface area contributed by atoms with Crippen LogP contribution < -0.4 is 5.43 Å². The summed E-state index contributed by atoms with van der Waals surface area (Å²) in [5.74, 6) is 0.748. The van der Waals surface area contributed by atoms with Crippen molar-refractivity contribution in [3.05, 3.63) is 65.7 Å². The van der Waals surface area contributed by atoms with Crippen molar-refractivity contribution in [2.75, 3.05) is 0 Å². The number of thioether (sulfide) groups is 1. The fourth-order valence-electron chi connectivity index (χ4n) is 1.72. The molecule has 0 bridgehead atoms. The van der Waals surface area contributed by atoms with E-state index in [9.17, 15) is 9.90 Å². The summed E-state index contributed by atoms with van der Waals surface area (Å²) < 4.78 is 0. The number of aromatic hydroxyl groups is 1. The fourth-order valence-corrected chi connectivity index (χ4v) is 2.56. The third-order valence-corrected chi connectivity index (χ3v) is 4.24. The molecule has 0 heterocycles. The first kappa shape index (κ1) is 16.1. The summed E-state index contributed by atoms with van der Waals surface area (Å²) in [5, 5.41) is 13.3. The van der Waals surface area contributed by atoms with Crippen LogP contribution in [0.2, 0.25) is 0 Å². The molecule has 0 fully saturated rings. The summed E-state index contributed by atoms with van der Waals surface area (Å²) in [7, 11) is 0. The van der Waals surface area contributed by atoms with E-state index < -0.39 is 0 Å². The lowest BCUT2D eigenvalue weighted by atomic mass is 10.2. The standard InChI is InChI=1S/C17H18N2O2S/c1-13(22-12-14-7-3-2-4-8-14)17(21)19-18-11-15-9-5-6-10-16(15)20/h2-11,13,20H,12H2,1H3,(H,19,21)/b18-11-/t13-/m0/s1. The molecule has 0 aromatic heterocycles. The zero-order valence-electron chi connectivity index (χ0n) is 12.3. The van der Waals surface area contributed by atoms with Crippen LogP contribution in [0.15, 0.2) is 59.7 Å². The third-order valence-electron chi connectivity index (χ3n) is 3.03. The smallest absolute Gasteiger partial charge is 0.252 e. The molecule has 114 valence electrons. The van der Waals surface area contributed by atoms with Crippen LogP contribution in [-0.4, -0.2) is 22.5 Å². The molecule has 1 atom stereocenters. The fraction of sp³-hybridized carbons (Fsp3) is 0.176. The highest BCUT2D eigenvalue weighted by atomic mass is 32.2. The maximum absolute atomic E-state index is 11.9. The second kappa shape index (κ2) is 8.24. The Labute approximate surface area is 134 Å². The molecule has 1 amide bonds. The zero-order valence-corrected chi connectivity index (χ0v) is 13.1. The highest BCUT2D eigenvalue weighted by Crippen LogP contribution is 2.17. The van der Waals surface area contributed by atoms with Gasteiger partial charge in [0.2, 0.25) is 0 Å². The lowest BCUT2D eigenvalue weighted by molar-refractivity contribution is -0.120. The molecular weight excluding hydrogens is 296 g/mol. The van der Waals surface area contributed by atoms with Crippen molar-refractivity contribution >= 4 is 23.9 Å². The van der Waals surface area contributed by atoms with E-state index in [2.05, 4.69) is 10.5 Å². The molecule has 22 heavy (non-hydrogen) atoms. The largest absolute Gasteiger partial charge is 0.507 e. The van der Waals surface area contributed by atoms with Crippen LogP contribution in [0.25, 0.3) is 0 Å². The van der Waals surface area contributed by atoms with Crippen LogP contribution in [0.4, 0.5) is 0 Å². The molecule has 2 aromatic rings. The number of amides is 1. The molecule has 0 aliphatic carbocycles. The monoisotopic (exact) mass is 314 g/mol. The molecule has 0 aliphatic rings. The molecule has 2 rings (SSSR count). The summed E-state index contributed by atoms with van der Waals surface area (Å²) in [5.41, 5.74) is 4.24. The van der Waals surface area contributed by atoms with Gasteiger partial charge in [0, 0.05) is 11.3 Å². The Kier molecular flexibility index (Phi) is 6.03. The quantitative estimate of drug-likeness (QED) is 0.636. The summed E-state index contributed by atoms with van der Waals surface area (Å²) in [6, 6.07) is 16.8. The average molecular weight is 314 g/mol. The van der Waals surface area contributed by atoms with Crippen molar-refractivity contribution in [3.8, 4) is 5.75 Å². The van der Waals surface area contributed by atoms with E-state index in [0.717, 1.165) is 5.75 Å². The number of nitrogens with one attached hydrogen (secondary N) is 1. The third kappa shape index (κ3) is 4.93. The van der Waals surface area contributed by atoms with E-state index in [1.54, 1.807) is 36.0 Å². The van der Waals surface area contributed by atoms with E-state index in [4.69, 9.17) is 0 Å². The first-order chi connectivity index (χ1) is 10.7. The van der Waals surface area contributed by atoms with Gasteiger partial charge in [-0.15, -0.1) is 11.8 Å². The number of carbonyl (C=O) groups excluding carboxylic acids is 1. The Morgan fingerprint density at radius 1 is 1.23 bits per heavy atom. The van der Waals surface area contributed by atoms with E-state index in [0.29, 0.717) is 5.56 Å². The number of hydrogen-bond acceptors (Lipinski definition) is 4. The zero-order chi connectivity index (χ0) is 15.8. The lowest BCUT2D eigenvalue weighted by Crippen LogP contribution is -2.27. The second-order valence-electron chi connectivity index (χ2n) is 4.73. The van der Waals surface area contributed by atoms with Gasteiger partial charge < -0.3 is 5.11 Å². The molecule has 0 radical (unpaired) electrons. The van der Waals surface area contributed by atoms with Crippen molar-refractivity contribution in [2.45, 2.75) is 17.9 Å². The number of hydrogen-bond donors (Lipinski definition) is 2. The summed E-state index contributed by atoms with van der Waals surface area (Å²) in [4.78, 5) is 11.9. The van der Waals surface area contributed by atoms with E-state index in [-0.39, 0.29) is 16.9 Å². The van der Waals surface area contributed by atoms with Crippen LogP contribution in [0.5, 0.6) is 5.75 Å². The number of phenols is 1. The van der Waals surface area contributed by atoms with Crippen molar-refractivity contribution in [3.63, 3.8) is 0 Å². The van der Waals surface area contributed by atoms with Gasteiger partial charge in [0.15, 0.2) is 0 Å². The predicted molar refractivity (Wildman–Crippen MR) is 91.0 cm³/mol. The van der Waals surface area contributed by atoms with Gasteiger partial charge >= 0.3 is 0 Å². The Morgan fingerprint density at radius 2 is 1.91 bits per heavy atom. The molecule has 0 unspecified atom stereocenters. The van der Waals surface area contributed by atoms with Gasteiger partial charge in [0.1, 0.15) is 5.75 Å². The first-order valence-corrected chi connectivity index (χ1v) is 7.98.